The molecule has 0 aromatic heterocycles. The summed E-state index contributed by atoms with van der Waals surface area (Å²) < 4.78 is 17.7. The molecule has 2 N–H and O–H groups in total. The van der Waals surface area contributed by atoms with Gasteiger partial charge in [-0.15, -0.1) is 0 Å². The molecule has 0 fully saturated rings. The Kier molecular flexibility index (Phi) is 8.12. The average molecular weight is 541 g/mol. The Morgan fingerprint density at radius 2 is 1.66 bits per heavy atom. The van der Waals surface area contributed by atoms with Crippen LogP contribution in [0.1, 0.15) is 21.5 Å². The van der Waals surface area contributed by atoms with Gasteiger partial charge < -0.3 is 24.6 Å². The van der Waals surface area contributed by atoms with Crippen molar-refractivity contribution in [1.29, 1.82) is 0 Å². The topological polar surface area (TPSA) is 77.0 Å². The summed E-state index contributed by atoms with van der Waals surface area (Å²) in [4.78, 5) is 11.4. The molecule has 0 saturated heterocycles. The zero-order valence-electron chi connectivity index (χ0n) is 17.2. The first-order valence-electron chi connectivity index (χ1n) is 9.42. The van der Waals surface area contributed by atoms with Crippen LogP contribution in [0.3, 0.4) is 0 Å². The van der Waals surface area contributed by atoms with Crippen LogP contribution >= 0.6 is 39.1 Å². The van der Waals surface area contributed by atoms with Crippen molar-refractivity contribution >= 4 is 50.8 Å². The molecule has 3 aromatic rings. The Morgan fingerprint density at radius 3 is 2.28 bits per heavy atom. The highest BCUT2D eigenvalue weighted by Crippen LogP contribution is 2.39. The van der Waals surface area contributed by atoms with E-state index in [1.807, 2.05) is 6.07 Å². The van der Waals surface area contributed by atoms with Crippen molar-refractivity contribution in [3.05, 3.63) is 79.7 Å². The lowest BCUT2D eigenvalue weighted by Gasteiger charge is -2.19. The molecule has 168 valence electrons. The Hall–Kier alpha value is -2.61. The largest absolute Gasteiger partial charge is 0.495 e. The lowest BCUT2D eigenvalue weighted by Crippen LogP contribution is -2.08. The number of methoxy groups -OCH3 is 2. The number of hydrogen-bond acceptors (Lipinski definition) is 5. The van der Waals surface area contributed by atoms with Crippen molar-refractivity contribution in [3.8, 4) is 17.2 Å². The molecule has 6 nitrogen and oxygen atoms in total. The molecule has 32 heavy (non-hydrogen) atoms. The van der Waals surface area contributed by atoms with Gasteiger partial charge in [0.05, 0.1) is 25.5 Å². The van der Waals surface area contributed by atoms with Crippen LogP contribution < -0.4 is 19.5 Å². The van der Waals surface area contributed by atoms with Crippen molar-refractivity contribution in [3.63, 3.8) is 0 Å². The first-order valence-corrected chi connectivity index (χ1v) is 11.0. The Bertz CT molecular complexity index is 1120. The lowest BCUT2D eigenvalue weighted by molar-refractivity contribution is 0.0697. The predicted octanol–water partition coefficient (Wildman–Crippen LogP) is 6.66. The molecule has 0 aliphatic carbocycles. The average Bonchev–Trinajstić information content (AvgIpc) is 2.78. The van der Waals surface area contributed by atoms with Crippen LogP contribution in [0.4, 0.5) is 5.69 Å². The number of carboxylic acids is 1. The van der Waals surface area contributed by atoms with Crippen molar-refractivity contribution in [1.82, 2.24) is 0 Å². The lowest BCUT2D eigenvalue weighted by atomic mass is 10.1. The number of aromatic carboxylic acids is 1. The van der Waals surface area contributed by atoms with E-state index in [0.717, 1.165) is 10.0 Å². The molecule has 0 heterocycles. The van der Waals surface area contributed by atoms with Gasteiger partial charge in [-0.2, -0.15) is 0 Å². The van der Waals surface area contributed by atoms with Gasteiger partial charge in [-0.3, -0.25) is 0 Å². The van der Waals surface area contributed by atoms with Gasteiger partial charge in [0.15, 0.2) is 11.5 Å². The van der Waals surface area contributed by atoms with Gasteiger partial charge in [-0.25, -0.2) is 4.79 Å². The summed E-state index contributed by atoms with van der Waals surface area (Å²) in [5.74, 6) is 0.511. The third kappa shape index (κ3) is 5.41. The summed E-state index contributed by atoms with van der Waals surface area (Å²) in [6.07, 6.45) is 0. The maximum Gasteiger partial charge on any atom is 0.335 e. The van der Waals surface area contributed by atoms with Crippen LogP contribution in [0.2, 0.25) is 10.0 Å². The third-order valence-corrected chi connectivity index (χ3v) is 6.16. The van der Waals surface area contributed by atoms with E-state index >= 15 is 0 Å². The third-order valence-electron chi connectivity index (χ3n) is 4.71. The molecule has 0 atom stereocenters. The molecule has 0 aliphatic heterocycles. The highest BCUT2D eigenvalue weighted by molar-refractivity contribution is 9.10. The van der Waals surface area contributed by atoms with E-state index in [2.05, 4.69) is 21.2 Å². The molecule has 0 spiro atoms. The van der Waals surface area contributed by atoms with E-state index in [1.165, 1.54) is 19.2 Å². The molecule has 3 rings (SSSR count). The van der Waals surface area contributed by atoms with Gasteiger partial charge in [0.2, 0.25) is 0 Å². The molecule has 3 aromatic carbocycles. The van der Waals surface area contributed by atoms with Crippen LogP contribution in [-0.2, 0) is 13.2 Å². The van der Waals surface area contributed by atoms with E-state index in [9.17, 15) is 9.90 Å². The van der Waals surface area contributed by atoms with Crippen molar-refractivity contribution < 1.29 is 24.1 Å². The molecular formula is C23H20BrCl2NO5. The zero-order chi connectivity index (χ0) is 23.3. The molecule has 9 heteroatoms. The minimum absolute atomic E-state index is 0.135. The fourth-order valence-electron chi connectivity index (χ4n) is 3.04. The fraction of sp³-hybridized carbons (Fsp3) is 0.174. The maximum atomic E-state index is 11.4. The molecule has 0 amide bonds. The van der Waals surface area contributed by atoms with E-state index < -0.39 is 5.97 Å². The second-order valence-electron chi connectivity index (χ2n) is 6.62. The van der Waals surface area contributed by atoms with Gasteiger partial charge >= 0.3 is 5.97 Å². The van der Waals surface area contributed by atoms with Crippen LogP contribution in [0.15, 0.2) is 53.0 Å². The molecule has 0 bridgehead atoms. The normalized spacial score (nSPS) is 10.5. The zero-order valence-corrected chi connectivity index (χ0v) is 20.3. The quantitative estimate of drug-likeness (QED) is 0.316. The van der Waals surface area contributed by atoms with Crippen molar-refractivity contribution in [2.75, 3.05) is 19.5 Å². The smallest absolute Gasteiger partial charge is 0.335 e. The molecule has 0 radical (unpaired) electrons. The first kappa shape index (κ1) is 24.0. The van der Waals surface area contributed by atoms with Crippen LogP contribution in [0, 0.1) is 0 Å². The minimum atomic E-state index is -1.03. The number of carboxylic acid groups (broad SMARTS) is 1. The second kappa shape index (κ2) is 10.8. The van der Waals surface area contributed by atoms with E-state index in [4.69, 9.17) is 37.4 Å². The van der Waals surface area contributed by atoms with Crippen LogP contribution in [0.25, 0.3) is 0 Å². The van der Waals surface area contributed by atoms with Crippen molar-refractivity contribution in [2.45, 2.75) is 13.2 Å². The summed E-state index contributed by atoms with van der Waals surface area (Å²) in [6, 6.07) is 13.5. The van der Waals surface area contributed by atoms with E-state index in [0.29, 0.717) is 45.1 Å². The number of rotatable bonds is 9. The number of hydrogen-bond donors (Lipinski definition) is 2. The summed E-state index contributed by atoms with van der Waals surface area (Å²) in [6.45, 7) is 0.430. The van der Waals surface area contributed by atoms with Crippen molar-refractivity contribution in [2.24, 2.45) is 0 Å². The van der Waals surface area contributed by atoms with E-state index in [1.54, 1.807) is 37.4 Å². The Balaban J connectivity index is 1.92. The standard InChI is InChI=1S/C23H20BrCl2NO5/c1-30-20-8-6-13(23(28)29)10-19(20)27-11-14-16(24)7-9-21(31-2)22(14)32-12-15-17(25)4-3-5-18(15)26/h3-10,27H,11-12H2,1-2H3,(H,28,29). The molecule has 0 unspecified atom stereocenters. The summed E-state index contributed by atoms with van der Waals surface area (Å²) in [5.41, 5.74) is 2.09. The number of ether oxygens (including phenoxy) is 3. The monoisotopic (exact) mass is 539 g/mol. The summed E-state index contributed by atoms with van der Waals surface area (Å²) in [5, 5.41) is 13.5. The molecule has 0 saturated carbocycles. The van der Waals surface area contributed by atoms with Gasteiger partial charge in [-0.1, -0.05) is 45.2 Å². The predicted molar refractivity (Wildman–Crippen MR) is 129 cm³/mol. The maximum absolute atomic E-state index is 11.4. The number of nitrogens with one attached hydrogen (secondary N) is 1. The van der Waals surface area contributed by atoms with Crippen LogP contribution in [-0.4, -0.2) is 25.3 Å². The first-order chi connectivity index (χ1) is 15.3. The minimum Gasteiger partial charge on any atom is -0.495 e. The van der Waals surface area contributed by atoms with Gasteiger partial charge in [0.25, 0.3) is 0 Å². The second-order valence-corrected chi connectivity index (χ2v) is 8.29. The Morgan fingerprint density at radius 1 is 1.00 bits per heavy atom. The SMILES string of the molecule is COc1ccc(C(=O)O)cc1NCc1c(Br)ccc(OC)c1OCc1c(Cl)cccc1Cl. The summed E-state index contributed by atoms with van der Waals surface area (Å²) in [7, 11) is 3.07. The highest BCUT2D eigenvalue weighted by atomic mass is 79.9. The molecule has 0 aliphatic rings. The number of anilines is 1. The summed E-state index contributed by atoms with van der Waals surface area (Å²) >= 11 is 16.1. The Labute approximate surface area is 204 Å². The number of carbonyl (C=O) groups is 1. The van der Waals surface area contributed by atoms with Gasteiger partial charge in [0.1, 0.15) is 12.4 Å². The number of halogens is 3. The van der Waals surface area contributed by atoms with Crippen LogP contribution in [0.5, 0.6) is 17.2 Å². The fourth-order valence-corrected chi connectivity index (χ4v) is 4.00. The number of benzene rings is 3. The van der Waals surface area contributed by atoms with E-state index in [-0.39, 0.29) is 12.2 Å². The highest BCUT2D eigenvalue weighted by Gasteiger charge is 2.17. The van der Waals surface area contributed by atoms with Gasteiger partial charge in [-0.05, 0) is 42.5 Å². The molecular weight excluding hydrogens is 521 g/mol. The van der Waals surface area contributed by atoms with Gasteiger partial charge in [0, 0.05) is 32.2 Å².